The van der Waals surface area contributed by atoms with Crippen LogP contribution in [0.5, 0.6) is 0 Å². The van der Waals surface area contributed by atoms with Gasteiger partial charge in [-0.05, 0) is 5.16 Å². The summed E-state index contributed by atoms with van der Waals surface area (Å²) in [7, 11) is -11.3. The Morgan fingerprint density at radius 3 is 2.31 bits per heavy atom. The molecule has 2 fully saturated rings. The standard InChI is InChI=1S/C15H24N2O16P2S/c18-3-5-8(20)10(22)12(24)14(31-5)32-35(27,28)33-34(25,26)29-4-6-9(21)11(23)13(30-6)17-2-1-7(19)16-15(17)36/h1-2,5-6,8-14,18,20-24H,3-4H2,(H,25,26)(H,27,28)(H,16,19,36)/p-2. The normalized spacial score (nSPS) is 38.4. The van der Waals surface area contributed by atoms with Crippen molar-refractivity contribution in [2.45, 2.75) is 60.4 Å². The number of aliphatic hydroxyl groups excluding tert-OH is 6. The first-order valence-corrected chi connectivity index (χ1v) is 13.3. The van der Waals surface area contributed by atoms with Crippen LogP contribution in [0.3, 0.4) is 0 Å². The van der Waals surface area contributed by atoms with E-state index in [0.717, 1.165) is 16.8 Å². The molecule has 0 aromatic carbocycles. The third-order valence-electron chi connectivity index (χ3n) is 5.10. The summed E-state index contributed by atoms with van der Waals surface area (Å²) in [4.78, 5) is 36.5. The fraction of sp³-hybridized carbons (Fsp3) is 0.733. The van der Waals surface area contributed by atoms with Crippen molar-refractivity contribution in [3.05, 3.63) is 22.6 Å². The Balaban J connectivity index is 1.61. The molecule has 21 heteroatoms. The number of aliphatic hydroxyl groups is 6. The molecule has 11 atom stereocenters. The number of phosphoric acid groups is 2. The first-order valence-electron chi connectivity index (χ1n) is 9.92. The summed E-state index contributed by atoms with van der Waals surface area (Å²) in [5.41, 5.74) is -0.673. The quantitative estimate of drug-likeness (QED) is 0.0819. The van der Waals surface area contributed by atoms with Crippen LogP contribution in [0.1, 0.15) is 6.23 Å². The number of rotatable bonds is 9. The van der Waals surface area contributed by atoms with Gasteiger partial charge in [-0.25, -0.2) is 13.9 Å². The highest BCUT2D eigenvalue weighted by atomic mass is 32.1. The molecule has 0 aliphatic carbocycles. The lowest BCUT2D eigenvalue weighted by Gasteiger charge is -2.39. The van der Waals surface area contributed by atoms with Crippen LogP contribution >= 0.6 is 15.6 Å². The number of nitrogens with zero attached hydrogens (tertiary/aromatic N) is 2. The van der Waals surface area contributed by atoms with Gasteiger partial charge in [0.2, 0.25) is 0 Å². The van der Waals surface area contributed by atoms with E-state index in [9.17, 15) is 49.2 Å². The molecular weight excluding hydrogens is 558 g/mol. The van der Waals surface area contributed by atoms with Gasteiger partial charge in [-0.1, -0.05) is 0 Å². The molecule has 0 saturated carbocycles. The fourth-order valence-electron chi connectivity index (χ4n) is 3.31. The van der Waals surface area contributed by atoms with Gasteiger partial charge >= 0.3 is 7.82 Å². The minimum atomic E-state index is -5.70. The zero-order valence-corrected chi connectivity index (χ0v) is 20.4. The number of hydrogen-bond acceptors (Lipinski definition) is 17. The highest BCUT2D eigenvalue weighted by molar-refractivity contribution is 7.60. The molecule has 206 valence electrons. The Hall–Kier alpha value is -0.960. The first kappa shape index (κ1) is 29.6. The van der Waals surface area contributed by atoms with Gasteiger partial charge in [0.15, 0.2) is 12.5 Å². The Labute approximate surface area is 206 Å². The lowest BCUT2D eigenvalue weighted by atomic mass is 10.00. The molecule has 2 aliphatic rings. The number of aromatic nitrogens is 2. The molecular formula is C15H22N2O16P2S-2. The molecule has 1 aromatic heterocycles. The Morgan fingerprint density at radius 1 is 1.06 bits per heavy atom. The maximum atomic E-state index is 12.1. The fourth-order valence-corrected chi connectivity index (χ4v) is 5.68. The van der Waals surface area contributed by atoms with E-state index in [1.165, 1.54) is 0 Å². The summed E-state index contributed by atoms with van der Waals surface area (Å²) in [6.45, 7) is -1.93. The number of ether oxygens (including phenoxy) is 2. The summed E-state index contributed by atoms with van der Waals surface area (Å²) in [6, 6.07) is 0.996. The van der Waals surface area contributed by atoms with E-state index in [1.54, 1.807) is 0 Å². The van der Waals surface area contributed by atoms with E-state index in [2.05, 4.69) is 18.3 Å². The average molecular weight is 580 g/mol. The highest BCUT2D eigenvalue weighted by Gasteiger charge is 2.48. The molecule has 11 unspecified atom stereocenters. The maximum Gasteiger partial charge on any atom is 0.481 e. The molecule has 2 aliphatic heterocycles. The zero-order valence-electron chi connectivity index (χ0n) is 17.8. The second-order valence-electron chi connectivity index (χ2n) is 7.60. The van der Waals surface area contributed by atoms with Gasteiger partial charge in [0.25, 0.3) is 13.4 Å². The Morgan fingerprint density at radius 2 is 1.69 bits per heavy atom. The van der Waals surface area contributed by atoms with Gasteiger partial charge < -0.3 is 71.6 Å². The Bertz CT molecular complexity index is 1070. The second kappa shape index (κ2) is 11.4. The van der Waals surface area contributed by atoms with E-state index < -0.39 is 89.7 Å². The van der Waals surface area contributed by atoms with Crippen molar-refractivity contribution in [1.29, 1.82) is 0 Å². The summed E-state index contributed by atoms with van der Waals surface area (Å²) in [6.07, 6.45) is -14.9. The molecule has 18 nitrogen and oxygen atoms in total. The van der Waals surface area contributed by atoms with Crippen LogP contribution in [-0.4, -0.2) is 107 Å². The summed E-state index contributed by atoms with van der Waals surface area (Å²) < 4.78 is 48.2. The molecule has 7 N–H and O–H groups in total. The third-order valence-corrected chi connectivity index (χ3v) is 7.97. The van der Waals surface area contributed by atoms with Gasteiger partial charge in [0.05, 0.1) is 13.2 Å². The number of hydrogen-bond donors (Lipinski definition) is 7. The van der Waals surface area contributed by atoms with Crippen LogP contribution in [0, 0.1) is 0 Å². The SMILES string of the molecule is O=c1ccn(C2OC(COP(=O)([O-])OP(=O)(O)OC3OC(CO)C(O)C(O)C3O)C(O)C2O)c([S-])n1. The van der Waals surface area contributed by atoms with E-state index in [-0.39, 0.29) is 5.16 Å². The minimum Gasteiger partial charge on any atom is -0.756 e. The van der Waals surface area contributed by atoms with Crippen molar-refractivity contribution in [2.24, 2.45) is 0 Å². The average Bonchev–Trinajstić information content (AvgIpc) is 3.06. The predicted octanol–water partition coefficient (Wildman–Crippen LogP) is -4.81. The van der Waals surface area contributed by atoms with Crippen molar-refractivity contribution in [2.75, 3.05) is 13.2 Å². The molecule has 0 radical (unpaired) electrons. The molecule has 0 spiro atoms. The molecule has 0 amide bonds. The first-order chi connectivity index (χ1) is 16.7. The summed E-state index contributed by atoms with van der Waals surface area (Å²) >= 11 is 4.88. The minimum absolute atomic E-state index is 0.301. The maximum absolute atomic E-state index is 12.1. The smallest absolute Gasteiger partial charge is 0.481 e. The zero-order chi connectivity index (χ0) is 27.0. The molecule has 3 rings (SSSR count). The summed E-state index contributed by atoms with van der Waals surface area (Å²) in [5.74, 6) is 0. The van der Waals surface area contributed by atoms with Crippen molar-refractivity contribution in [3.8, 4) is 0 Å². The van der Waals surface area contributed by atoms with Crippen LogP contribution in [0.4, 0.5) is 0 Å². The van der Waals surface area contributed by atoms with Crippen molar-refractivity contribution >= 4 is 28.3 Å². The van der Waals surface area contributed by atoms with Gasteiger partial charge in [0.1, 0.15) is 42.7 Å². The third kappa shape index (κ3) is 6.72. The van der Waals surface area contributed by atoms with Crippen molar-refractivity contribution in [3.63, 3.8) is 0 Å². The summed E-state index contributed by atoms with van der Waals surface area (Å²) in [5, 5.41) is 58.4. The van der Waals surface area contributed by atoms with Gasteiger partial charge in [-0.15, -0.1) is 0 Å². The molecule has 2 saturated heterocycles. The second-order valence-corrected chi connectivity index (χ2v) is 10.9. The Kier molecular flexibility index (Phi) is 9.39. The molecule has 3 heterocycles. The lowest BCUT2D eigenvalue weighted by Crippen LogP contribution is -2.58. The number of phosphoric ester groups is 2. The topological polar surface area (TPSA) is 280 Å². The van der Waals surface area contributed by atoms with Crippen molar-refractivity contribution in [1.82, 2.24) is 9.55 Å². The molecule has 0 bridgehead atoms. The van der Waals surface area contributed by atoms with Crippen LogP contribution < -0.4 is 10.5 Å². The van der Waals surface area contributed by atoms with Crippen LogP contribution in [0.2, 0.25) is 0 Å². The monoisotopic (exact) mass is 580 g/mol. The largest absolute Gasteiger partial charge is 0.756 e. The molecule has 1 aromatic rings. The van der Waals surface area contributed by atoms with E-state index in [1.807, 2.05) is 0 Å². The van der Waals surface area contributed by atoms with E-state index in [0.29, 0.717) is 0 Å². The molecule has 36 heavy (non-hydrogen) atoms. The van der Waals surface area contributed by atoms with Crippen LogP contribution in [0.25, 0.3) is 0 Å². The van der Waals surface area contributed by atoms with Gasteiger partial charge in [0, 0.05) is 12.3 Å². The van der Waals surface area contributed by atoms with Gasteiger partial charge in [-0.3, -0.25) is 13.9 Å². The van der Waals surface area contributed by atoms with E-state index in [4.69, 9.17) is 27.2 Å². The van der Waals surface area contributed by atoms with Crippen LogP contribution in [-0.2, 0) is 44.6 Å². The van der Waals surface area contributed by atoms with Crippen molar-refractivity contribution < 1.29 is 72.4 Å². The highest BCUT2D eigenvalue weighted by Crippen LogP contribution is 2.59. The van der Waals surface area contributed by atoms with Gasteiger partial charge in [-0.2, -0.15) is 0 Å². The van der Waals surface area contributed by atoms with Crippen LogP contribution in [0.15, 0.2) is 22.2 Å². The predicted molar refractivity (Wildman–Crippen MR) is 109 cm³/mol. The lowest BCUT2D eigenvalue weighted by molar-refractivity contribution is -0.281. The van der Waals surface area contributed by atoms with E-state index >= 15 is 0 Å².